The molecule has 8 heteroatoms. The Balaban J connectivity index is 1.62. The van der Waals surface area contributed by atoms with Crippen molar-refractivity contribution in [2.24, 2.45) is 0 Å². The van der Waals surface area contributed by atoms with Crippen molar-refractivity contribution in [2.45, 2.75) is 116 Å². The SMILES string of the molecule is CC(C)(C)OC(=O)N1Cc2ccccc2CC1C(=O)N(c1ccc(C(C)(C)C)cc1)C(C(=O)NC1CCCCC1)c1cccnc1. The lowest BCUT2D eigenvalue weighted by Crippen LogP contribution is -2.57. The number of aromatic nitrogens is 1. The van der Waals surface area contributed by atoms with Crippen LogP contribution in [-0.4, -0.2) is 45.5 Å². The molecule has 2 atom stereocenters. The van der Waals surface area contributed by atoms with Crippen LogP contribution in [0.1, 0.15) is 102 Å². The van der Waals surface area contributed by atoms with E-state index >= 15 is 4.79 Å². The Kier molecular flexibility index (Phi) is 9.85. The molecule has 3 amide bonds. The maximum Gasteiger partial charge on any atom is 0.411 e. The van der Waals surface area contributed by atoms with E-state index < -0.39 is 23.8 Å². The van der Waals surface area contributed by atoms with Gasteiger partial charge in [0.25, 0.3) is 5.91 Å². The smallest absolute Gasteiger partial charge is 0.411 e. The third kappa shape index (κ3) is 7.77. The number of fused-ring (bicyclic) bond motifs is 1. The van der Waals surface area contributed by atoms with Crippen LogP contribution in [0.3, 0.4) is 0 Å². The van der Waals surface area contributed by atoms with Crippen molar-refractivity contribution in [1.82, 2.24) is 15.2 Å². The topological polar surface area (TPSA) is 91.8 Å². The summed E-state index contributed by atoms with van der Waals surface area (Å²) < 4.78 is 5.83. The van der Waals surface area contributed by atoms with Gasteiger partial charge < -0.3 is 10.1 Å². The highest BCUT2D eigenvalue weighted by Crippen LogP contribution is 2.35. The summed E-state index contributed by atoms with van der Waals surface area (Å²) in [6.07, 6.45) is 8.15. The van der Waals surface area contributed by atoms with Gasteiger partial charge in [-0.3, -0.25) is 24.4 Å². The molecule has 8 nitrogen and oxygen atoms in total. The van der Waals surface area contributed by atoms with Gasteiger partial charge in [-0.25, -0.2) is 4.79 Å². The number of ether oxygens (including phenoxy) is 1. The third-order valence-corrected chi connectivity index (χ3v) is 8.87. The quantitative estimate of drug-likeness (QED) is 0.312. The first-order chi connectivity index (χ1) is 21.8. The van der Waals surface area contributed by atoms with Crippen LogP contribution in [0, 0.1) is 0 Å². The minimum Gasteiger partial charge on any atom is -0.444 e. The molecule has 1 aliphatic heterocycles. The summed E-state index contributed by atoms with van der Waals surface area (Å²) in [5.74, 6) is -0.607. The van der Waals surface area contributed by atoms with Gasteiger partial charge in [-0.15, -0.1) is 0 Å². The second kappa shape index (κ2) is 13.7. The number of anilines is 1. The molecule has 1 saturated carbocycles. The normalized spacial score (nSPS) is 17.9. The maximum absolute atomic E-state index is 15.2. The molecule has 0 saturated heterocycles. The van der Waals surface area contributed by atoms with E-state index in [1.165, 1.54) is 4.90 Å². The van der Waals surface area contributed by atoms with E-state index in [9.17, 15) is 9.59 Å². The average Bonchev–Trinajstić information content (AvgIpc) is 3.02. The number of nitrogens with zero attached hydrogens (tertiary/aromatic N) is 3. The van der Waals surface area contributed by atoms with E-state index in [-0.39, 0.29) is 29.8 Å². The zero-order valence-electron chi connectivity index (χ0n) is 28.1. The lowest BCUT2D eigenvalue weighted by molar-refractivity contribution is -0.130. The van der Waals surface area contributed by atoms with Gasteiger partial charge in [0.2, 0.25) is 5.91 Å². The van der Waals surface area contributed by atoms with Gasteiger partial charge in [-0.1, -0.05) is 82.5 Å². The van der Waals surface area contributed by atoms with E-state index in [2.05, 4.69) is 31.1 Å². The van der Waals surface area contributed by atoms with Gasteiger partial charge in [0.1, 0.15) is 17.7 Å². The zero-order valence-corrected chi connectivity index (χ0v) is 28.1. The summed E-state index contributed by atoms with van der Waals surface area (Å²) >= 11 is 0. The molecule has 1 aromatic heterocycles. The summed E-state index contributed by atoms with van der Waals surface area (Å²) in [4.78, 5) is 50.7. The van der Waals surface area contributed by atoms with Crippen molar-refractivity contribution >= 4 is 23.6 Å². The van der Waals surface area contributed by atoms with Crippen molar-refractivity contribution in [3.63, 3.8) is 0 Å². The molecule has 1 N–H and O–H groups in total. The summed E-state index contributed by atoms with van der Waals surface area (Å²) in [7, 11) is 0. The number of carbonyl (C=O) groups excluding carboxylic acids is 3. The molecule has 0 spiro atoms. The van der Waals surface area contributed by atoms with Gasteiger partial charge in [-0.05, 0) is 73.9 Å². The number of hydrogen-bond acceptors (Lipinski definition) is 5. The first-order valence-electron chi connectivity index (χ1n) is 16.5. The largest absolute Gasteiger partial charge is 0.444 e. The fourth-order valence-corrected chi connectivity index (χ4v) is 6.42. The molecule has 1 aliphatic carbocycles. The van der Waals surface area contributed by atoms with Crippen LogP contribution in [0.15, 0.2) is 73.1 Å². The maximum atomic E-state index is 15.2. The summed E-state index contributed by atoms with van der Waals surface area (Å²) in [5.41, 5.74) is 3.40. The molecule has 0 radical (unpaired) electrons. The molecule has 2 unspecified atom stereocenters. The van der Waals surface area contributed by atoms with Crippen LogP contribution in [0.25, 0.3) is 0 Å². The first-order valence-corrected chi connectivity index (χ1v) is 16.5. The number of amides is 3. The molecule has 0 bridgehead atoms. The van der Waals surface area contributed by atoms with E-state index in [0.717, 1.165) is 48.8 Å². The summed E-state index contributed by atoms with van der Waals surface area (Å²) in [5, 5.41) is 3.28. The predicted octanol–water partition coefficient (Wildman–Crippen LogP) is 7.26. The minimum atomic E-state index is -0.999. The average molecular weight is 625 g/mol. The minimum absolute atomic E-state index is 0.0421. The molecule has 46 heavy (non-hydrogen) atoms. The third-order valence-electron chi connectivity index (χ3n) is 8.87. The van der Waals surface area contributed by atoms with E-state index in [1.54, 1.807) is 23.4 Å². The van der Waals surface area contributed by atoms with Gasteiger partial charge in [-0.2, -0.15) is 0 Å². The summed E-state index contributed by atoms with van der Waals surface area (Å²) in [6, 6.07) is 17.5. The van der Waals surface area contributed by atoms with Crippen LogP contribution in [0.5, 0.6) is 0 Å². The molecule has 3 aromatic rings. The van der Waals surface area contributed by atoms with Crippen LogP contribution >= 0.6 is 0 Å². The van der Waals surface area contributed by atoms with Crippen molar-refractivity contribution in [3.05, 3.63) is 95.3 Å². The lowest BCUT2D eigenvalue weighted by atomic mass is 9.87. The molecule has 2 aliphatic rings. The summed E-state index contributed by atoms with van der Waals surface area (Å²) in [6.45, 7) is 12.1. The molecular weight excluding hydrogens is 576 g/mol. The number of carbonyl (C=O) groups is 3. The second-order valence-electron chi connectivity index (χ2n) is 14.6. The molecule has 2 aromatic carbocycles. The highest BCUT2D eigenvalue weighted by Gasteiger charge is 2.43. The van der Waals surface area contributed by atoms with Crippen molar-refractivity contribution in [3.8, 4) is 0 Å². The Hall–Kier alpha value is -4.20. The fraction of sp³-hybridized carbons (Fsp3) is 0.474. The first kappa shape index (κ1) is 33.2. The van der Waals surface area contributed by atoms with Crippen LogP contribution in [0.2, 0.25) is 0 Å². The van der Waals surface area contributed by atoms with E-state index in [4.69, 9.17) is 4.74 Å². The Morgan fingerprint density at radius 2 is 1.57 bits per heavy atom. The zero-order chi connectivity index (χ0) is 33.1. The molecular formula is C38H48N4O4. The highest BCUT2D eigenvalue weighted by molar-refractivity contribution is 6.05. The van der Waals surface area contributed by atoms with Gasteiger partial charge in [0, 0.05) is 36.1 Å². The number of hydrogen-bond donors (Lipinski definition) is 1. The number of pyridine rings is 1. The molecule has 1 fully saturated rings. The Morgan fingerprint density at radius 3 is 2.17 bits per heavy atom. The van der Waals surface area contributed by atoms with Crippen LogP contribution in [-0.2, 0) is 32.7 Å². The lowest BCUT2D eigenvalue weighted by Gasteiger charge is -2.41. The van der Waals surface area contributed by atoms with E-state index in [0.29, 0.717) is 17.7 Å². The van der Waals surface area contributed by atoms with Gasteiger partial charge >= 0.3 is 6.09 Å². The Labute approximate surface area is 273 Å². The van der Waals surface area contributed by atoms with Crippen molar-refractivity contribution in [2.75, 3.05) is 4.90 Å². The van der Waals surface area contributed by atoms with Crippen LogP contribution in [0.4, 0.5) is 10.5 Å². The monoisotopic (exact) mass is 624 g/mol. The second-order valence-corrected chi connectivity index (χ2v) is 14.6. The number of nitrogens with one attached hydrogen (secondary N) is 1. The fourth-order valence-electron chi connectivity index (χ4n) is 6.42. The number of rotatable bonds is 6. The molecule has 5 rings (SSSR count). The molecule has 244 valence electrons. The standard InChI is InChI=1S/C38H48N4O4/c1-37(2,3)29-18-20-31(21-19-29)42(33(27-15-12-22-39-24-27)34(43)40-30-16-8-7-9-17-30)35(44)32-23-26-13-10-11-14-28(26)25-41(32)36(45)46-38(4,5)6/h10-15,18-22,24,30,32-33H,7-9,16-17,23,25H2,1-6H3,(H,40,43). The van der Waals surface area contributed by atoms with Gasteiger partial charge in [0.05, 0.1) is 6.54 Å². The Bertz CT molecular complexity index is 1520. The molecule has 2 heterocycles. The predicted molar refractivity (Wildman–Crippen MR) is 180 cm³/mol. The highest BCUT2D eigenvalue weighted by atomic mass is 16.6. The van der Waals surface area contributed by atoms with E-state index in [1.807, 2.05) is 75.4 Å². The van der Waals surface area contributed by atoms with Gasteiger partial charge in [0.15, 0.2) is 0 Å². The van der Waals surface area contributed by atoms with Crippen LogP contribution < -0.4 is 10.2 Å². The number of benzene rings is 2. The van der Waals surface area contributed by atoms with Crippen molar-refractivity contribution in [1.29, 1.82) is 0 Å². The Morgan fingerprint density at radius 1 is 0.891 bits per heavy atom. The van der Waals surface area contributed by atoms with Crippen molar-refractivity contribution < 1.29 is 19.1 Å².